The molecule has 1 atom stereocenters. The Bertz CT molecular complexity index is 921. The number of carbonyl (C=O) groups excluding carboxylic acids is 2. The normalized spacial score (nSPS) is 18.4. The fourth-order valence-corrected chi connectivity index (χ4v) is 4.06. The van der Waals surface area contributed by atoms with Gasteiger partial charge in [0.2, 0.25) is 23.7 Å². The van der Waals surface area contributed by atoms with Gasteiger partial charge in [0.15, 0.2) is 11.5 Å². The second-order valence-corrected chi connectivity index (χ2v) is 8.85. The lowest BCUT2D eigenvalue weighted by molar-refractivity contribution is -0.143. The molecule has 2 aliphatic rings. The number of hydrogen-bond donors (Lipinski definition) is 1. The molecule has 2 aromatic rings. The molecular formula is C19H22N4O4S. The zero-order valence-electron chi connectivity index (χ0n) is 16.0. The highest BCUT2D eigenvalue weighted by atomic mass is 32.1. The molecule has 28 heavy (non-hydrogen) atoms. The summed E-state index contributed by atoms with van der Waals surface area (Å²) in [6.07, 6.45) is 1.47. The van der Waals surface area contributed by atoms with Crippen LogP contribution in [0, 0.1) is 5.41 Å². The van der Waals surface area contributed by atoms with Gasteiger partial charge in [-0.15, -0.1) is 10.2 Å². The monoisotopic (exact) mass is 402 g/mol. The summed E-state index contributed by atoms with van der Waals surface area (Å²) in [6, 6.07) is 5.08. The van der Waals surface area contributed by atoms with E-state index in [9.17, 15) is 9.59 Å². The third-order valence-electron chi connectivity index (χ3n) is 4.73. The van der Waals surface area contributed by atoms with E-state index in [1.807, 2.05) is 39.0 Å². The van der Waals surface area contributed by atoms with Crippen LogP contribution in [0.5, 0.6) is 11.5 Å². The van der Waals surface area contributed by atoms with Gasteiger partial charge in [-0.25, -0.2) is 0 Å². The van der Waals surface area contributed by atoms with E-state index in [1.165, 1.54) is 11.3 Å². The number of hydrogen-bond acceptors (Lipinski definition) is 7. The van der Waals surface area contributed by atoms with Gasteiger partial charge in [0.1, 0.15) is 11.0 Å². The topological polar surface area (TPSA) is 93.7 Å². The van der Waals surface area contributed by atoms with Crippen LogP contribution in [-0.2, 0) is 9.59 Å². The summed E-state index contributed by atoms with van der Waals surface area (Å²) >= 11 is 1.28. The number of rotatable bonds is 3. The summed E-state index contributed by atoms with van der Waals surface area (Å²) in [5.74, 6) is 1.14. The summed E-state index contributed by atoms with van der Waals surface area (Å²) in [6.45, 7) is 6.41. The van der Waals surface area contributed by atoms with Gasteiger partial charge >= 0.3 is 0 Å². The largest absolute Gasteiger partial charge is 0.454 e. The van der Waals surface area contributed by atoms with Gasteiger partial charge < -0.3 is 14.4 Å². The van der Waals surface area contributed by atoms with Gasteiger partial charge in [-0.2, -0.15) is 0 Å². The van der Waals surface area contributed by atoms with Crippen molar-refractivity contribution in [1.82, 2.24) is 15.1 Å². The summed E-state index contributed by atoms with van der Waals surface area (Å²) < 4.78 is 10.7. The molecule has 2 aliphatic heterocycles. The lowest BCUT2D eigenvalue weighted by Gasteiger charge is -2.29. The van der Waals surface area contributed by atoms with Crippen LogP contribution < -0.4 is 14.8 Å². The zero-order chi connectivity index (χ0) is 19.9. The van der Waals surface area contributed by atoms with Gasteiger partial charge in [0, 0.05) is 17.5 Å². The second-order valence-electron chi connectivity index (χ2n) is 7.88. The first kappa shape index (κ1) is 18.7. The molecule has 1 aromatic heterocycles. The van der Waals surface area contributed by atoms with Gasteiger partial charge in [-0.3, -0.25) is 14.9 Å². The van der Waals surface area contributed by atoms with Gasteiger partial charge in [0.05, 0.1) is 0 Å². The van der Waals surface area contributed by atoms with Gasteiger partial charge in [0.25, 0.3) is 0 Å². The minimum absolute atomic E-state index is 0.0107. The second kappa shape index (κ2) is 7.05. The number of fused-ring (bicyclic) bond motifs is 1. The Morgan fingerprint density at radius 1 is 1.21 bits per heavy atom. The van der Waals surface area contributed by atoms with Crippen molar-refractivity contribution < 1.29 is 19.1 Å². The van der Waals surface area contributed by atoms with Gasteiger partial charge in [-0.1, -0.05) is 32.1 Å². The molecule has 3 heterocycles. The first-order chi connectivity index (χ1) is 13.3. The van der Waals surface area contributed by atoms with Crippen molar-refractivity contribution in [2.75, 3.05) is 18.7 Å². The maximum absolute atomic E-state index is 12.8. The lowest BCUT2D eigenvalue weighted by atomic mass is 9.94. The molecule has 9 heteroatoms. The molecule has 0 bridgehead atoms. The molecule has 148 valence electrons. The Balaban J connectivity index is 1.46. The minimum atomic E-state index is -0.516. The summed E-state index contributed by atoms with van der Waals surface area (Å²) in [5, 5.41) is 12.1. The van der Waals surface area contributed by atoms with Crippen LogP contribution in [0.1, 0.15) is 33.6 Å². The number of likely N-dealkylation sites (tertiary alicyclic amines) is 1. The van der Waals surface area contributed by atoms with Crippen molar-refractivity contribution in [3.8, 4) is 22.1 Å². The van der Waals surface area contributed by atoms with Crippen molar-refractivity contribution in [3.63, 3.8) is 0 Å². The van der Waals surface area contributed by atoms with Crippen molar-refractivity contribution in [3.05, 3.63) is 18.2 Å². The molecular weight excluding hydrogens is 380 g/mol. The quantitative estimate of drug-likeness (QED) is 0.848. The number of ether oxygens (including phenoxy) is 2. The molecule has 1 N–H and O–H groups in total. The van der Waals surface area contributed by atoms with E-state index in [0.717, 1.165) is 12.0 Å². The first-order valence-electron chi connectivity index (χ1n) is 9.18. The smallest absolute Gasteiger partial charge is 0.249 e. The zero-order valence-corrected chi connectivity index (χ0v) is 16.8. The van der Waals surface area contributed by atoms with Crippen LogP contribution in [0.15, 0.2) is 18.2 Å². The molecule has 8 nitrogen and oxygen atoms in total. The van der Waals surface area contributed by atoms with Gasteiger partial charge in [-0.05, 0) is 31.0 Å². The Labute approximate surface area is 166 Å². The third-order valence-corrected chi connectivity index (χ3v) is 5.62. The van der Waals surface area contributed by atoms with E-state index >= 15 is 0 Å². The lowest BCUT2D eigenvalue weighted by Crippen LogP contribution is -2.47. The van der Waals surface area contributed by atoms with Crippen molar-refractivity contribution in [1.29, 1.82) is 0 Å². The fourth-order valence-electron chi connectivity index (χ4n) is 3.32. The molecule has 1 fully saturated rings. The van der Waals surface area contributed by atoms with E-state index in [4.69, 9.17) is 9.47 Å². The molecule has 1 saturated heterocycles. The highest BCUT2D eigenvalue weighted by molar-refractivity contribution is 7.18. The number of amides is 2. The number of aromatic nitrogens is 2. The van der Waals surface area contributed by atoms with E-state index in [1.54, 1.807) is 4.90 Å². The molecule has 0 radical (unpaired) electrons. The van der Waals surface area contributed by atoms with Crippen LogP contribution in [0.4, 0.5) is 5.13 Å². The molecule has 2 amide bonds. The van der Waals surface area contributed by atoms with Crippen LogP contribution in [-0.4, -0.2) is 46.3 Å². The van der Waals surface area contributed by atoms with Crippen LogP contribution >= 0.6 is 11.3 Å². The van der Waals surface area contributed by atoms with Crippen LogP contribution in [0.25, 0.3) is 10.6 Å². The molecule has 1 aromatic carbocycles. The number of nitrogens with one attached hydrogen (secondary N) is 1. The van der Waals surface area contributed by atoms with E-state index in [0.29, 0.717) is 34.6 Å². The highest BCUT2D eigenvalue weighted by Crippen LogP contribution is 2.37. The Morgan fingerprint density at radius 2 is 2.00 bits per heavy atom. The molecule has 1 unspecified atom stereocenters. The number of nitrogens with zero attached hydrogens (tertiary/aromatic N) is 3. The van der Waals surface area contributed by atoms with Crippen LogP contribution in [0.2, 0.25) is 0 Å². The first-order valence-corrected chi connectivity index (χ1v) is 10.00. The summed E-state index contributed by atoms with van der Waals surface area (Å²) in [5.41, 5.74) is 0.325. The molecule has 4 rings (SSSR count). The predicted octanol–water partition coefficient (Wildman–Crippen LogP) is 2.91. The number of benzene rings is 1. The maximum atomic E-state index is 12.8. The summed E-state index contributed by atoms with van der Waals surface area (Å²) in [4.78, 5) is 27.0. The SMILES string of the molecule is CC(C)(C)C(=O)N1CCCC1C(=O)Nc1nnc(-c2ccc3c(c2)OCO3)s1. The van der Waals surface area contributed by atoms with E-state index in [-0.39, 0.29) is 18.6 Å². The maximum Gasteiger partial charge on any atom is 0.249 e. The number of carbonyl (C=O) groups is 2. The fraction of sp³-hybridized carbons (Fsp3) is 0.474. The molecule has 0 aliphatic carbocycles. The van der Waals surface area contributed by atoms with E-state index < -0.39 is 11.5 Å². The Morgan fingerprint density at radius 3 is 2.79 bits per heavy atom. The van der Waals surface area contributed by atoms with Crippen LogP contribution in [0.3, 0.4) is 0 Å². The van der Waals surface area contributed by atoms with Crippen molar-refractivity contribution in [2.24, 2.45) is 5.41 Å². The molecule has 0 spiro atoms. The third kappa shape index (κ3) is 3.54. The van der Waals surface area contributed by atoms with Crippen molar-refractivity contribution in [2.45, 2.75) is 39.7 Å². The minimum Gasteiger partial charge on any atom is -0.454 e. The highest BCUT2D eigenvalue weighted by Gasteiger charge is 2.38. The Kier molecular flexibility index (Phi) is 4.70. The average molecular weight is 402 g/mol. The standard InChI is InChI=1S/C19H22N4O4S/c1-19(2,3)17(25)23-8-4-5-12(23)15(24)20-18-22-21-16(28-18)11-6-7-13-14(9-11)27-10-26-13/h6-7,9,12H,4-5,8,10H2,1-3H3,(H,20,22,24). The Hall–Kier alpha value is -2.68. The predicted molar refractivity (Wildman–Crippen MR) is 104 cm³/mol. The van der Waals surface area contributed by atoms with E-state index in [2.05, 4.69) is 15.5 Å². The average Bonchev–Trinajstić information content (AvgIpc) is 3.39. The van der Waals surface area contributed by atoms with Crippen molar-refractivity contribution >= 4 is 28.3 Å². The molecule has 0 saturated carbocycles. The summed E-state index contributed by atoms with van der Waals surface area (Å²) in [7, 11) is 0. The number of anilines is 1.